The second kappa shape index (κ2) is 6.73. The van der Waals surface area contributed by atoms with E-state index >= 15 is 0 Å². The van der Waals surface area contributed by atoms with E-state index in [9.17, 15) is 4.79 Å². The molecule has 3 nitrogen and oxygen atoms in total. The van der Waals surface area contributed by atoms with Crippen molar-refractivity contribution in [2.75, 3.05) is 19.0 Å². The largest absolute Gasteiger partial charge is 0.426 e. The van der Waals surface area contributed by atoms with Gasteiger partial charge in [-0.1, -0.05) is 43.7 Å². The van der Waals surface area contributed by atoms with Crippen LogP contribution >= 0.6 is 0 Å². The number of hydrogen-bond acceptors (Lipinski definition) is 3. The summed E-state index contributed by atoms with van der Waals surface area (Å²) in [6, 6.07) is 17.0. The monoisotopic (exact) mass is 359 g/mol. The predicted octanol–water partition coefficient (Wildman–Crippen LogP) is 5.74. The first kappa shape index (κ1) is 17.6. The van der Waals surface area contributed by atoms with Crippen molar-refractivity contribution in [1.82, 2.24) is 0 Å². The molecule has 3 aromatic carbocycles. The van der Waals surface area contributed by atoms with Crippen molar-refractivity contribution in [3.8, 4) is 16.9 Å². The van der Waals surface area contributed by atoms with Gasteiger partial charge in [0.2, 0.25) is 0 Å². The molecule has 1 aliphatic carbocycles. The van der Waals surface area contributed by atoms with Gasteiger partial charge in [-0.3, -0.25) is 4.79 Å². The summed E-state index contributed by atoms with van der Waals surface area (Å²) in [5.74, 6) is 0.735. The molecule has 1 unspecified atom stereocenters. The Hall–Kier alpha value is -2.81. The van der Waals surface area contributed by atoms with Crippen LogP contribution in [0, 0.1) is 0 Å². The smallest absolute Gasteiger partial charge is 0.308 e. The van der Waals surface area contributed by atoms with E-state index in [1.807, 2.05) is 12.1 Å². The van der Waals surface area contributed by atoms with Crippen LogP contribution in [0.4, 0.5) is 5.69 Å². The van der Waals surface area contributed by atoms with Crippen molar-refractivity contribution in [3.05, 3.63) is 59.7 Å². The molecule has 0 amide bonds. The predicted molar refractivity (Wildman–Crippen MR) is 112 cm³/mol. The van der Waals surface area contributed by atoms with E-state index < -0.39 is 0 Å². The summed E-state index contributed by atoms with van der Waals surface area (Å²) < 4.78 is 5.58. The quantitative estimate of drug-likeness (QED) is 0.439. The minimum atomic E-state index is -0.286. The maximum Gasteiger partial charge on any atom is 0.308 e. The summed E-state index contributed by atoms with van der Waals surface area (Å²) in [5.41, 5.74) is 6.42. The average Bonchev–Trinajstić information content (AvgIpc) is 2.95. The van der Waals surface area contributed by atoms with Crippen molar-refractivity contribution in [1.29, 1.82) is 0 Å². The van der Waals surface area contributed by atoms with Gasteiger partial charge in [-0.2, -0.15) is 0 Å². The first-order chi connectivity index (χ1) is 13.0. The lowest BCUT2D eigenvalue weighted by molar-refractivity contribution is -0.131. The number of anilines is 1. The van der Waals surface area contributed by atoms with Crippen molar-refractivity contribution in [2.24, 2.45) is 0 Å². The molecular weight excluding hydrogens is 334 g/mol. The van der Waals surface area contributed by atoms with E-state index in [0.717, 1.165) is 18.2 Å². The van der Waals surface area contributed by atoms with Crippen molar-refractivity contribution < 1.29 is 9.53 Å². The van der Waals surface area contributed by atoms with E-state index in [-0.39, 0.29) is 5.97 Å². The van der Waals surface area contributed by atoms with Gasteiger partial charge in [0.25, 0.3) is 0 Å². The summed E-state index contributed by atoms with van der Waals surface area (Å²) in [5, 5.41) is 2.19. The van der Waals surface area contributed by atoms with Gasteiger partial charge in [-0.05, 0) is 52.3 Å². The molecule has 138 valence electrons. The van der Waals surface area contributed by atoms with Crippen LogP contribution in [0.5, 0.6) is 5.75 Å². The van der Waals surface area contributed by atoms with E-state index in [1.165, 1.54) is 40.3 Å². The van der Waals surface area contributed by atoms with Gasteiger partial charge < -0.3 is 9.64 Å². The Balaban J connectivity index is 2.02. The standard InChI is InChI=1S/C24H25NO2/c1-5-8-19-21-13-16(25(3)4)11-12-17(21)22-14-23(27-15(2)26)18-9-6-7-10-20(18)24(19)22/h6-7,9-14,19H,5,8H2,1-4H3. The number of carbonyl (C=O) groups is 1. The van der Waals surface area contributed by atoms with Crippen molar-refractivity contribution in [3.63, 3.8) is 0 Å². The molecule has 3 heteroatoms. The minimum absolute atomic E-state index is 0.286. The average molecular weight is 359 g/mol. The lowest BCUT2D eigenvalue weighted by Gasteiger charge is -2.18. The zero-order chi connectivity index (χ0) is 19.1. The Morgan fingerprint density at radius 2 is 1.78 bits per heavy atom. The molecular formula is C24H25NO2. The third-order valence-corrected chi connectivity index (χ3v) is 5.44. The lowest BCUT2D eigenvalue weighted by atomic mass is 9.88. The molecule has 3 aromatic rings. The summed E-state index contributed by atoms with van der Waals surface area (Å²) in [7, 11) is 4.15. The molecule has 0 radical (unpaired) electrons. The van der Waals surface area contributed by atoms with Gasteiger partial charge in [0.1, 0.15) is 5.75 Å². The highest BCUT2D eigenvalue weighted by atomic mass is 16.5. The number of esters is 1. The summed E-state index contributed by atoms with van der Waals surface area (Å²) in [6.45, 7) is 3.70. The Labute approximate surface area is 160 Å². The normalized spacial score (nSPS) is 14.7. The van der Waals surface area contributed by atoms with E-state index in [1.54, 1.807) is 0 Å². The third-order valence-electron chi connectivity index (χ3n) is 5.44. The number of fused-ring (bicyclic) bond motifs is 5. The Morgan fingerprint density at radius 3 is 2.44 bits per heavy atom. The molecule has 0 spiro atoms. The SMILES string of the molecule is CCCC1c2cc(N(C)C)ccc2-c2cc(OC(C)=O)c3ccccc3c21. The maximum atomic E-state index is 11.7. The Bertz CT molecular complexity index is 1040. The van der Waals surface area contributed by atoms with Gasteiger partial charge in [-0.25, -0.2) is 0 Å². The maximum absolute atomic E-state index is 11.7. The zero-order valence-corrected chi connectivity index (χ0v) is 16.4. The number of rotatable bonds is 4. The van der Waals surface area contributed by atoms with Gasteiger partial charge in [0.05, 0.1) is 0 Å². The first-order valence-corrected chi connectivity index (χ1v) is 9.57. The molecule has 0 bridgehead atoms. The molecule has 27 heavy (non-hydrogen) atoms. The zero-order valence-electron chi connectivity index (χ0n) is 16.4. The van der Waals surface area contributed by atoms with Gasteiger partial charge in [0, 0.05) is 38.0 Å². The number of benzene rings is 3. The molecule has 0 aliphatic heterocycles. The highest BCUT2D eigenvalue weighted by Gasteiger charge is 2.31. The molecule has 0 fully saturated rings. The molecule has 0 heterocycles. The fourth-order valence-corrected chi connectivity index (χ4v) is 4.31. The fraction of sp³-hybridized carbons (Fsp3) is 0.292. The van der Waals surface area contributed by atoms with Crippen LogP contribution in [0.25, 0.3) is 21.9 Å². The highest BCUT2D eigenvalue weighted by Crippen LogP contribution is 2.52. The van der Waals surface area contributed by atoms with Crippen LogP contribution < -0.4 is 9.64 Å². The van der Waals surface area contributed by atoms with E-state index in [0.29, 0.717) is 11.7 Å². The van der Waals surface area contributed by atoms with E-state index in [2.05, 4.69) is 62.3 Å². The van der Waals surface area contributed by atoms with Gasteiger partial charge in [0.15, 0.2) is 0 Å². The molecule has 0 saturated heterocycles. The number of ether oxygens (including phenoxy) is 1. The van der Waals surface area contributed by atoms with Crippen molar-refractivity contribution in [2.45, 2.75) is 32.6 Å². The molecule has 0 saturated carbocycles. The van der Waals surface area contributed by atoms with Crippen LogP contribution in [0.3, 0.4) is 0 Å². The molecule has 0 aromatic heterocycles. The van der Waals surface area contributed by atoms with Crippen LogP contribution in [-0.4, -0.2) is 20.1 Å². The summed E-state index contributed by atoms with van der Waals surface area (Å²) >= 11 is 0. The third kappa shape index (κ3) is 2.87. The van der Waals surface area contributed by atoms with Crippen LogP contribution in [0.2, 0.25) is 0 Å². The van der Waals surface area contributed by atoms with Crippen molar-refractivity contribution >= 4 is 22.4 Å². The topological polar surface area (TPSA) is 29.5 Å². The Kier molecular flexibility index (Phi) is 4.39. The van der Waals surface area contributed by atoms with Crippen LogP contribution in [0.1, 0.15) is 43.7 Å². The molecule has 1 aliphatic rings. The lowest BCUT2D eigenvalue weighted by Crippen LogP contribution is -2.09. The van der Waals surface area contributed by atoms with E-state index in [4.69, 9.17) is 4.74 Å². The van der Waals surface area contributed by atoms with Gasteiger partial charge >= 0.3 is 5.97 Å². The number of carbonyl (C=O) groups excluding carboxylic acids is 1. The second-order valence-electron chi connectivity index (χ2n) is 7.48. The second-order valence-corrected chi connectivity index (χ2v) is 7.48. The van der Waals surface area contributed by atoms with Crippen LogP contribution in [0.15, 0.2) is 48.5 Å². The fourth-order valence-electron chi connectivity index (χ4n) is 4.31. The molecule has 4 rings (SSSR count). The van der Waals surface area contributed by atoms with Crippen LogP contribution in [-0.2, 0) is 4.79 Å². The summed E-state index contributed by atoms with van der Waals surface area (Å²) in [6.07, 6.45) is 2.23. The van der Waals surface area contributed by atoms with Gasteiger partial charge in [-0.15, -0.1) is 0 Å². The Morgan fingerprint density at radius 1 is 1.04 bits per heavy atom. The highest BCUT2D eigenvalue weighted by molar-refractivity contribution is 6.01. The molecule has 0 N–H and O–H groups in total. The number of hydrogen-bond donors (Lipinski definition) is 0. The molecule has 1 atom stereocenters. The first-order valence-electron chi connectivity index (χ1n) is 9.57. The number of nitrogens with zero attached hydrogens (tertiary/aromatic N) is 1. The minimum Gasteiger partial charge on any atom is -0.426 e. The summed E-state index contributed by atoms with van der Waals surface area (Å²) in [4.78, 5) is 13.8.